The van der Waals surface area contributed by atoms with Crippen LogP contribution >= 0.6 is 12.4 Å². The van der Waals surface area contributed by atoms with Gasteiger partial charge in [-0.2, -0.15) is 5.10 Å². The summed E-state index contributed by atoms with van der Waals surface area (Å²) >= 11 is 0. The summed E-state index contributed by atoms with van der Waals surface area (Å²) in [6.07, 6.45) is 2.74. The molecule has 0 bridgehead atoms. The fourth-order valence-electron chi connectivity index (χ4n) is 1.84. The lowest BCUT2D eigenvalue weighted by Crippen LogP contribution is -2.32. The van der Waals surface area contributed by atoms with Crippen molar-refractivity contribution in [2.75, 3.05) is 19.6 Å². The Kier molecular flexibility index (Phi) is 7.56. The number of nitrogens with one attached hydrogen (secondary N) is 2. The molecule has 1 aromatic carbocycles. The summed E-state index contributed by atoms with van der Waals surface area (Å²) in [5, 5.41) is 10.2. The molecule has 0 aliphatic carbocycles. The molecule has 1 aromatic heterocycles. The maximum Gasteiger partial charge on any atom is 0.271 e. The molecule has 2 aromatic rings. The molecule has 2 rings (SSSR count). The molecule has 0 radical (unpaired) electrons. The van der Waals surface area contributed by atoms with Crippen molar-refractivity contribution in [3.05, 3.63) is 48.0 Å². The molecule has 0 fully saturated rings. The van der Waals surface area contributed by atoms with Crippen LogP contribution in [0.5, 0.6) is 0 Å². The van der Waals surface area contributed by atoms with Crippen molar-refractivity contribution in [1.29, 1.82) is 0 Å². The highest BCUT2D eigenvalue weighted by molar-refractivity contribution is 5.92. The molecule has 120 valence electrons. The first-order valence-electron chi connectivity index (χ1n) is 7.01. The molecule has 7 heteroatoms. The third-order valence-electron chi connectivity index (χ3n) is 2.93. The van der Waals surface area contributed by atoms with Crippen LogP contribution in [-0.4, -0.2) is 35.3 Å². The molecule has 1 heterocycles. The smallest absolute Gasteiger partial charge is 0.271 e. The van der Waals surface area contributed by atoms with Gasteiger partial charge in [-0.25, -0.2) is 9.07 Å². The Morgan fingerprint density at radius 3 is 2.59 bits per heavy atom. The molecule has 0 saturated carbocycles. The Morgan fingerprint density at radius 2 is 1.91 bits per heavy atom. The van der Waals surface area contributed by atoms with Gasteiger partial charge in [0.2, 0.25) is 0 Å². The van der Waals surface area contributed by atoms with E-state index in [0.717, 1.165) is 19.5 Å². The highest BCUT2D eigenvalue weighted by Gasteiger charge is 2.09. The van der Waals surface area contributed by atoms with E-state index in [2.05, 4.69) is 22.7 Å². The van der Waals surface area contributed by atoms with Crippen molar-refractivity contribution in [2.24, 2.45) is 0 Å². The van der Waals surface area contributed by atoms with Crippen LogP contribution in [0.1, 0.15) is 23.8 Å². The molecule has 2 N–H and O–H groups in total. The molecule has 0 saturated heterocycles. The number of hydrogen-bond acceptors (Lipinski definition) is 3. The van der Waals surface area contributed by atoms with Gasteiger partial charge in [0.1, 0.15) is 5.82 Å². The Bertz CT molecular complexity index is 585. The van der Waals surface area contributed by atoms with E-state index in [9.17, 15) is 9.18 Å². The number of aromatic nitrogens is 2. The van der Waals surface area contributed by atoms with Gasteiger partial charge in [-0.3, -0.25) is 4.79 Å². The summed E-state index contributed by atoms with van der Waals surface area (Å²) in [4.78, 5) is 11.9. The minimum atomic E-state index is -0.302. The van der Waals surface area contributed by atoms with Gasteiger partial charge in [-0.05, 0) is 43.3 Å². The van der Waals surface area contributed by atoms with E-state index in [-0.39, 0.29) is 24.1 Å². The number of halogens is 2. The zero-order valence-electron chi connectivity index (χ0n) is 12.4. The van der Waals surface area contributed by atoms with E-state index in [1.54, 1.807) is 29.1 Å². The Morgan fingerprint density at radius 1 is 1.18 bits per heavy atom. The summed E-state index contributed by atoms with van der Waals surface area (Å²) in [6.45, 7) is 4.32. The fraction of sp³-hybridized carbons (Fsp3) is 0.333. The number of amides is 1. The summed E-state index contributed by atoms with van der Waals surface area (Å²) in [7, 11) is 0. The van der Waals surface area contributed by atoms with Gasteiger partial charge in [0.25, 0.3) is 5.91 Å². The molecule has 22 heavy (non-hydrogen) atoms. The van der Waals surface area contributed by atoms with Gasteiger partial charge >= 0.3 is 0 Å². The van der Waals surface area contributed by atoms with Crippen LogP contribution in [0, 0.1) is 5.82 Å². The number of rotatable bonds is 7. The minimum Gasteiger partial charge on any atom is -0.349 e. The molecular formula is C15H20ClFN4O. The minimum absolute atomic E-state index is 0. The second-order valence-electron chi connectivity index (χ2n) is 4.63. The number of carbonyl (C=O) groups is 1. The van der Waals surface area contributed by atoms with Gasteiger partial charge in [-0.15, -0.1) is 12.4 Å². The molecule has 0 aliphatic rings. The SMILES string of the molecule is CCCNCCNC(=O)c1ccn(-c2ccc(F)cc2)n1.Cl. The van der Waals surface area contributed by atoms with Crippen molar-refractivity contribution in [1.82, 2.24) is 20.4 Å². The molecule has 1 amide bonds. The Labute approximate surface area is 135 Å². The van der Waals surface area contributed by atoms with Gasteiger partial charge in [0.15, 0.2) is 5.69 Å². The Balaban J connectivity index is 0.00000242. The molecule has 0 atom stereocenters. The van der Waals surface area contributed by atoms with Crippen LogP contribution in [0.2, 0.25) is 0 Å². The normalized spacial score (nSPS) is 10.1. The van der Waals surface area contributed by atoms with Crippen molar-refractivity contribution < 1.29 is 9.18 Å². The van der Waals surface area contributed by atoms with E-state index in [1.807, 2.05) is 0 Å². The zero-order valence-corrected chi connectivity index (χ0v) is 13.2. The predicted molar refractivity (Wildman–Crippen MR) is 86.3 cm³/mol. The monoisotopic (exact) mass is 326 g/mol. The van der Waals surface area contributed by atoms with Crippen molar-refractivity contribution in [3.8, 4) is 5.69 Å². The lowest BCUT2D eigenvalue weighted by Gasteiger charge is -2.04. The van der Waals surface area contributed by atoms with E-state index in [0.29, 0.717) is 17.9 Å². The lowest BCUT2D eigenvalue weighted by atomic mass is 10.3. The predicted octanol–water partition coefficient (Wildman–Crippen LogP) is 2.16. The second-order valence-corrected chi connectivity index (χ2v) is 4.63. The van der Waals surface area contributed by atoms with Crippen LogP contribution in [0.3, 0.4) is 0 Å². The quantitative estimate of drug-likeness (QED) is 0.767. The van der Waals surface area contributed by atoms with E-state index >= 15 is 0 Å². The summed E-state index contributed by atoms with van der Waals surface area (Å²) < 4.78 is 14.4. The largest absolute Gasteiger partial charge is 0.349 e. The van der Waals surface area contributed by atoms with Gasteiger partial charge in [-0.1, -0.05) is 6.92 Å². The fourth-order valence-corrected chi connectivity index (χ4v) is 1.84. The number of carbonyl (C=O) groups excluding carboxylic acids is 1. The second kappa shape index (κ2) is 9.17. The third kappa shape index (κ3) is 5.13. The highest BCUT2D eigenvalue weighted by Crippen LogP contribution is 2.08. The van der Waals surface area contributed by atoms with E-state index in [4.69, 9.17) is 0 Å². The van der Waals surface area contributed by atoms with Gasteiger partial charge < -0.3 is 10.6 Å². The van der Waals surface area contributed by atoms with Crippen LogP contribution in [-0.2, 0) is 0 Å². The third-order valence-corrected chi connectivity index (χ3v) is 2.93. The molecule has 0 unspecified atom stereocenters. The molecular weight excluding hydrogens is 307 g/mol. The molecule has 0 spiro atoms. The van der Waals surface area contributed by atoms with Crippen LogP contribution in [0.4, 0.5) is 4.39 Å². The van der Waals surface area contributed by atoms with Crippen molar-refractivity contribution >= 4 is 18.3 Å². The first-order valence-corrected chi connectivity index (χ1v) is 7.01. The van der Waals surface area contributed by atoms with Crippen molar-refractivity contribution in [2.45, 2.75) is 13.3 Å². The first kappa shape index (κ1) is 18.1. The van der Waals surface area contributed by atoms with Crippen LogP contribution < -0.4 is 10.6 Å². The van der Waals surface area contributed by atoms with Crippen LogP contribution in [0.25, 0.3) is 5.69 Å². The van der Waals surface area contributed by atoms with Crippen molar-refractivity contribution in [3.63, 3.8) is 0 Å². The summed E-state index contributed by atoms with van der Waals surface area (Å²) in [5.41, 5.74) is 1.05. The Hall–Kier alpha value is -1.92. The van der Waals surface area contributed by atoms with E-state index < -0.39 is 0 Å². The average Bonchev–Trinajstić information content (AvgIpc) is 2.97. The maximum atomic E-state index is 12.9. The standard InChI is InChI=1S/C15H19FN4O.ClH/c1-2-8-17-9-10-18-15(21)14-7-11-20(19-14)13-5-3-12(16)4-6-13;/h3-7,11,17H,2,8-10H2,1H3,(H,18,21);1H. The maximum absolute atomic E-state index is 12.9. The molecule has 0 aliphatic heterocycles. The number of nitrogens with zero attached hydrogens (tertiary/aromatic N) is 2. The van der Waals surface area contributed by atoms with Crippen LogP contribution in [0.15, 0.2) is 36.5 Å². The highest BCUT2D eigenvalue weighted by atomic mass is 35.5. The first-order chi connectivity index (χ1) is 10.2. The summed E-state index contributed by atoms with van der Waals surface area (Å²) in [5.74, 6) is -0.516. The molecule has 5 nitrogen and oxygen atoms in total. The number of hydrogen-bond donors (Lipinski definition) is 2. The number of benzene rings is 1. The lowest BCUT2D eigenvalue weighted by molar-refractivity contribution is 0.0948. The van der Waals surface area contributed by atoms with Gasteiger partial charge in [0.05, 0.1) is 5.69 Å². The zero-order chi connectivity index (χ0) is 15.1. The average molecular weight is 327 g/mol. The topological polar surface area (TPSA) is 58.9 Å². The van der Waals surface area contributed by atoms with E-state index in [1.165, 1.54) is 12.1 Å². The van der Waals surface area contributed by atoms with Gasteiger partial charge in [0, 0.05) is 19.3 Å². The summed E-state index contributed by atoms with van der Waals surface area (Å²) in [6, 6.07) is 7.57.